The normalized spacial score (nSPS) is 15.1. The number of alkyl halides is 1. The summed E-state index contributed by atoms with van der Waals surface area (Å²) in [7, 11) is 0. The molecule has 90 valence electrons. The van der Waals surface area contributed by atoms with Crippen LogP contribution >= 0.6 is 38.5 Å². The molecule has 0 bridgehead atoms. The van der Waals surface area contributed by atoms with Gasteiger partial charge in [-0.05, 0) is 24.5 Å². The molecule has 1 nitrogen and oxygen atoms in total. The summed E-state index contributed by atoms with van der Waals surface area (Å²) in [6.45, 7) is 7.30. The zero-order valence-electron chi connectivity index (χ0n) is 9.97. The summed E-state index contributed by atoms with van der Waals surface area (Å²) in [5.41, 5.74) is 1.02. The molecule has 0 N–H and O–H groups in total. The van der Waals surface area contributed by atoms with Gasteiger partial charge in [-0.25, -0.2) is 0 Å². The molecular formula is C13H18BrIO. The van der Waals surface area contributed by atoms with Crippen molar-refractivity contribution in [2.75, 3.05) is 11.0 Å². The van der Waals surface area contributed by atoms with E-state index in [0.29, 0.717) is 5.92 Å². The number of ether oxygens (including phenoxy) is 1. The van der Waals surface area contributed by atoms with Crippen LogP contribution in [0.3, 0.4) is 0 Å². The number of hydrogen-bond acceptors (Lipinski definition) is 1. The summed E-state index contributed by atoms with van der Waals surface area (Å²) in [6, 6.07) is 8.29. The van der Waals surface area contributed by atoms with E-state index in [1.807, 2.05) is 6.07 Å². The molecule has 0 saturated carbocycles. The van der Waals surface area contributed by atoms with Gasteiger partial charge in [-0.3, -0.25) is 0 Å². The Bertz CT molecular complexity index is 340. The van der Waals surface area contributed by atoms with Crippen LogP contribution < -0.4 is 0 Å². The molecule has 0 spiro atoms. The second kappa shape index (κ2) is 6.36. The van der Waals surface area contributed by atoms with E-state index < -0.39 is 0 Å². The number of halogens is 2. The molecule has 1 rings (SSSR count). The number of hydrogen-bond donors (Lipinski definition) is 0. The molecule has 0 radical (unpaired) electrons. The van der Waals surface area contributed by atoms with Gasteiger partial charge in [0.25, 0.3) is 0 Å². The molecule has 0 fully saturated rings. The fourth-order valence-corrected chi connectivity index (χ4v) is 2.76. The van der Waals surface area contributed by atoms with Crippen molar-refractivity contribution in [3.8, 4) is 0 Å². The molecule has 0 amide bonds. The van der Waals surface area contributed by atoms with E-state index in [9.17, 15) is 0 Å². The second-order valence-corrected chi connectivity index (χ2v) is 6.17. The van der Waals surface area contributed by atoms with E-state index >= 15 is 0 Å². The summed E-state index contributed by atoms with van der Waals surface area (Å²) in [5, 5.41) is 0. The summed E-state index contributed by atoms with van der Waals surface area (Å²) >= 11 is 5.98. The molecule has 0 aliphatic carbocycles. The molecule has 1 aromatic carbocycles. The van der Waals surface area contributed by atoms with E-state index in [4.69, 9.17) is 4.74 Å². The highest BCUT2D eigenvalue weighted by atomic mass is 127. The highest BCUT2D eigenvalue weighted by molar-refractivity contribution is 14.1. The average Bonchev–Trinajstić information content (AvgIpc) is 2.26. The van der Waals surface area contributed by atoms with Crippen molar-refractivity contribution in [1.82, 2.24) is 0 Å². The van der Waals surface area contributed by atoms with E-state index in [2.05, 4.69) is 77.5 Å². The largest absolute Gasteiger partial charge is 0.369 e. The van der Waals surface area contributed by atoms with Gasteiger partial charge in [0.2, 0.25) is 0 Å². The average molecular weight is 397 g/mol. The van der Waals surface area contributed by atoms with Gasteiger partial charge in [-0.15, -0.1) is 0 Å². The van der Waals surface area contributed by atoms with Gasteiger partial charge in [-0.1, -0.05) is 70.6 Å². The summed E-state index contributed by atoms with van der Waals surface area (Å²) in [6.07, 6.45) is 0. The molecule has 1 unspecified atom stereocenters. The molecule has 1 aromatic rings. The molecule has 0 heterocycles. The highest BCUT2D eigenvalue weighted by Crippen LogP contribution is 2.33. The van der Waals surface area contributed by atoms with Crippen molar-refractivity contribution in [3.05, 3.63) is 34.3 Å². The summed E-state index contributed by atoms with van der Waals surface area (Å²) < 4.78 is 8.14. The van der Waals surface area contributed by atoms with Gasteiger partial charge in [0.1, 0.15) is 5.60 Å². The Morgan fingerprint density at radius 2 is 2.00 bits per heavy atom. The standard InChI is InChI=1S/C13H18BrIO/c1-10(2)8-16-13(3,9-15)11-6-4-5-7-12(11)14/h4-7,10H,8-9H2,1-3H3. The van der Waals surface area contributed by atoms with Gasteiger partial charge >= 0.3 is 0 Å². The fourth-order valence-electron chi connectivity index (χ4n) is 1.43. The third kappa shape index (κ3) is 3.70. The second-order valence-electron chi connectivity index (χ2n) is 4.55. The van der Waals surface area contributed by atoms with Crippen LogP contribution in [-0.2, 0) is 10.3 Å². The SMILES string of the molecule is CC(C)COC(C)(CI)c1ccccc1Br. The minimum absolute atomic E-state index is 0.203. The zero-order valence-corrected chi connectivity index (χ0v) is 13.7. The Hall–Kier alpha value is 0.390. The van der Waals surface area contributed by atoms with Crippen LogP contribution in [0.25, 0.3) is 0 Å². The smallest absolute Gasteiger partial charge is 0.100 e. The van der Waals surface area contributed by atoms with Crippen LogP contribution in [0.15, 0.2) is 28.7 Å². The van der Waals surface area contributed by atoms with Crippen LogP contribution in [0.1, 0.15) is 26.3 Å². The molecule has 1 atom stereocenters. The Morgan fingerprint density at radius 1 is 1.38 bits per heavy atom. The first-order chi connectivity index (χ1) is 7.49. The third-order valence-corrected chi connectivity index (χ3v) is 4.58. The van der Waals surface area contributed by atoms with Crippen LogP contribution in [-0.4, -0.2) is 11.0 Å². The Balaban J connectivity index is 2.91. The van der Waals surface area contributed by atoms with E-state index in [1.165, 1.54) is 5.56 Å². The lowest BCUT2D eigenvalue weighted by molar-refractivity contribution is -0.0293. The number of rotatable bonds is 5. The first kappa shape index (κ1) is 14.5. The summed E-state index contributed by atoms with van der Waals surface area (Å²) in [5.74, 6) is 0.560. The molecule has 0 saturated heterocycles. The van der Waals surface area contributed by atoms with E-state index in [-0.39, 0.29) is 5.60 Å². The lowest BCUT2D eigenvalue weighted by Crippen LogP contribution is -2.30. The maximum Gasteiger partial charge on any atom is 0.100 e. The summed E-state index contributed by atoms with van der Waals surface area (Å²) in [4.78, 5) is 0. The third-order valence-electron chi connectivity index (χ3n) is 2.43. The van der Waals surface area contributed by atoms with Crippen LogP contribution in [0, 0.1) is 5.92 Å². The predicted octanol–water partition coefficient (Wildman–Crippen LogP) is 4.77. The van der Waals surface area contributed by atoms with Crippen molar-refractivity contribution >= 4 is 38.5 Å². The minimum atomic E-state index is -0.203. The van der Waals surface area contributed by atoms with Gasteiger partial charge in [0.15, 0.2) is 0 Å². The quantitative estimate of drug-likeness (QED) is 0.514. The van der Waals surface area contributed by atoms with Crippen LogP contribution in [0.4, 0.5) is 0 Å². The van der Waals surface area contributed by atoms with Gasteiger partial charge in [0.05, 0.1) is 6.61 Å². The van der Waals surface area contributed by atoms with Crippen molar-refractivity contribution < 1.29 is 4.74 Å². The lowest BCUT2D eigenvalue weighted by atomic mass is 9.98. The Labute approximate surface area is 120 Å². The van der Waals surface area contributed by atoms with E-state index in [0.717, 1.165) is 15.5 Å². The molecular weight excluding hydrogens is 379 g/mol. The Kier molecular flexibility index (Phi) is 5.74. The molecule has 0 aliphatic heterocycles. The molecule has 16 heavy (non-hydrogen) atoms. The van der Waals surface area contributed by atoms with Crippen molar-refractivity contribution in [1.29, 1.82) is 0 Å². The fraction of sp³-hybridized carbons (Fsp3) is 0.538. The first-order valence-corrected chi connectivity index (χ1v) is 7.76. The lowest BCUT2D eigenvalue weighted by Gasteiger charge is -2.30. The number of benzene rings is 1. The minimum Gasteiger partial charge on any atom is -0.369 e. The van der Waals surface area contributed by atoms with Gasteiger partial charge in [0, 0.05) is 8.90 Å². The van der Waals surface area contributed by atoms with Crippen molar-refractivity contribution in [3.63, 3.8) is 0 Å². The molecule has 0 aromatic heterocycles. The maximum atomic E-state index is 6.07. The molecule has 0 aliphatic rings. The van der Waals surface area contributed by atoms with E-state index in [1.54, 1.807) is 0 Å². The highest BCUT2D eigenvalue weighted by Gasteiger charge is 2.28. The van der Waals surface area contributed by atoms with Crippen LogP contribution in [0.2, 0.25) is 0 Å². The van der Waals surface area contributed by atoms with Crippen molar-refractivity contribution in [2.24, 2.45) is 5.92 Å². The first-order valence-electron chi connectivity index (χ1n) is 5.44. The predicted molar refractivity (Wildman–Crippen MR) is 81.2 cm³/mol. The van der Waals surface area contributed by atoms with Gasteiger partial charge in [-0.2, -0.15) is 0 Å². The van der Waals surface area contributed by atoms with Crippen LogP contribution in [0.5, 0.6) is 0 Å². The molecule has 3 heteroatoms. The topological polar surface area (TPSA) is 9.23 Å². The van der Waals surface area contributed by atoms with Crippen molar-refractivity contribution in [2.45, 2.75) is 26.4 Å². The Morgan fingerprint density at radius 3 is 2.50 bits per heavy atom. The van der Waals surface area contributed by atoms with Gasteiger partial charge < -0.3 is 4.74 Å². The zero-order chi connectivity index (χ0) is 12.2. The monoisotopic (exact) mass is 396 g/mol. The maximum absolute atomic E-state index is 6.07.